The lowest BCUT2D eigenvalue weighted by Crippen LogP contribution is -2.31. The summed E-state index contributed by atoms with van der Waals surface area (Å²) in [5.41, 5.74) is 0. The van der Waals surface area contributed by atoms with Crippen LogP contribution in [0.5, 0.6) is 0 Å². The van der Waals surface area contributed by atoms with E-state index in [4.69, 9.17) is 0 Å². The Morgan fingerprint density at radius 1 is 1.29 bits per heavy atom. The molecule has 0 aliphatic heterocycles. The van der Waals surface area contributed by atoms with Crippen LogP contribution in [0.15, 0.2) is 0 Å². The monoisotopic (exact) mass is 213 g/mol. The van der Waals surface area contributed by atoms with Crippen molar-refractivity contribution in [1.29, 1.82) is 0 Å². The van der Waals surface area contributed by atoms with Crippen LogP contribution in [0.2, 0.25) is 0 Å². The van der Waals surface area contributed by atoms with Gasteiger partial charge in [-0.2, -0.15) is 13.2 Å². The molecule has 0 rings (SSSR count). The summed E-state index contributed by atoms with van der Waals surface area (Å²) >= 11 is 0. The van der Waals surface area contributed by atoms with Crippen LogP contribution in [0.3, 0.4) is 0 Å². The van der Waals surface area contributed by atoms with Crippen molar-refractivity contribution in [1.82, 2.24) is 5.32 Å². The lowest BCUT2D eigenvalue weighted by molar-refractivity contribution is -0.214. The minimum Gasteiger partial charge on any atom is -0.369 e. The van der Waals surface area contributed by atoms with Gasteiger partial charge in [0.15, 0.2) is 6.10 Å². The van der Waals surface area contributed by atoms with Gasteiger partial charge >= 0.3 is 6.18 Å². The van der Waals surface area contributed by atoms with Crippen LogP contribution in [-0.4, -0.2) is 31.5 Å². The fraction of sp³-hybridized carbons (Fsp3) is 1.00. The van der Waals surface area contributed by atoms with Crippen molar-refractivity contribution in [2.75, 3.05) is 13.2 Å². The normalized spacial score (nSPS) is 16.7. The van der Waals surface area contributed by atoms with E-state index in [1.165, 1.54) is 0 Å². The SMILES string of the molecule is CCNC(C)CCOC(C)C(F)(F)F. The molecule has 86 valence electrons. The zero-order chi connectivity index (χ0) is 11.2. The van der Waals surface area contributed by atoms with E-state index < -0.39 is 12.3 Å². The van der Waals surface area contributed by atoms with Crippen LogP contribution < -0.4 is 5.32 Å². The summed E-state index contributed by atoms with van der Waals surface area (Å²) in [6.45, 7) is 5.85. The van der Waals surface area contributed by atoms with Gasteiger partial charge in [-0.05, 0) is 26.8 Å². The molecular weight excluding hydrogens is 195 g/mol. The molecule has 5 heteroatoms. The van der Waals surface area contributed by atoms with E-state index in [0.29, 0.717) is 6.42 Å². The Labute approximate surface area is 82.8 Å². The Hall–Kier alpha value is -0.290. The molecule has 0 amide bonds. The molecule has 2 nitrogen and oxygen atoms in total. The van der Waals surface area contributed by atoms with Gasteiger partial charge in [0.05, 0.1) is 0 Å². The van der Waals surface area contributed by atoms with E-state index in [9.17, 15) is 13.2 Å². The van der Waals surface area contributed by atoms with Gasteiger partial charge in [0, 0.05) is 12.6 Å². The Balaban J connectivity index is 3.54. The highest BCUT2D eigenvalue weighted by molar-refractivity contribution is 4.63. The summed E-state index contributed by atoms with van der Waals surface area (Å²) in [5.74, 6) is 0. The highest BCUT2D eigenvalue weighted by Gasteiger charge is 2.36. The topological polar surface area (TPSA) is 21.3 Å². The second kappa shape index (κ2) is 6.24. The number of ether oxygens (including phenoxy) is 1. The average molecular weight is 213 g/mol. The maximum atomic E-state index is 12.0. The lowest BCUT2D eigenvalue weighted by Gasteiger charge is -2.18. The van der Waals surface area contributed by atoms with Gasteiger partial charge < -0.3 is 10.1 Å². The maximum Gasteiger partial charge on any atom is 0.414 e. The maximum absolute atomic E-state index is 12.0. The lowest BCUT2D eigenvalue weighted by atomic mass is 10.2. The second-order valence-electron chi connectivity index (χ2n) is 3.30. The van der Waals surface area contributed by atoms with E-state index in [0.717, 1.165) is 13.5 Å². The molecule has 2 unspecified atom stereocenters. The number of halogens is 3. The highest BCUT2D eigenvalue weighted by atomic mass is 19.4. The molecule has 0 aliphatic carbocycles. The molecule has 0 saturated heterocycles. The van der Waals surface area contributed by atoms with Crippen LogP contribution >= 0.6 is 0 Å². The fourth-order valence-corrected chi connectivity index (χ4v) is 0.967. The number of nitrogens with one attached hydrogen (secondary N) is 1. The minimum atomic E-state index is -4.25. The molecule has 0 aliphatic rings. The quantitative estimate of drug-likeness (QED) is 0.731. The van der Waals surface area contributed by atoms with Gasteiger partial charge in [0.2, 0.25) is 0 Å². The molecule has 0 aromatic carbocycles. The molecule has 1 N–H and O–H groups in total. The molecular formula is C9H18F3NO. The third-order valence-corrected chi connectivity index (χ3v) is 1.93. The van der Waals surface area contributed by atoms with Gasteiger partial charge in [-0.25, -0.2) is 0 Å². The van der Waals surface area contributed by atoms with E-state index in [-0.39, 0.29) is 12.6 Å². The van der Waals surface area contributed by atoms with Crippen molar-refractivity contribution < 1.29 is 17.9 Å². The zero-order valence-electron chi connectivity index (χ0n) is 8.82. The summed E-state index contributed by atoms with van der Waals surface area (Å²) in [7, 11) is 0. The fourth-order valence-electron chi connectivity index (χ4n) is 0.967. The minimum absolute atomic E-state index is 0.134. The molecule has 0 heterocycles. The summed E-state index contributed by atoms with van der Waals surface area (Å²) in [6, 6.07) is 0.195. The Morgan fingerprint density at radius 2 is 1.86 bits per heavy atom. The first-order chi connectivity index (χ1) is 6.38. The third kappa shape index (κ3) is 6.21. The van der Waals surface area contributed by atoms with E-state index in [2.05, 4.69) is 10.1 Å². The van der Waals surface area contributed by atoms with Crippen molar-refractivity contribution in [2.45, 2.75) is 45.5 Å². The van der Waals surface area contributed by atoms with Gasteiger partial charge in [-0.1, -0.05) is 6.92 Å². The first-order valence-electron chi connectivity index (χ1n) is 4.79. The second-order valence-corrected chi connectivity index (χ2v) is 3.30. The molecule has 0 fully saturated rings. The standard InChI is InChI=1S/C9H18F3NO/c1-4-13-7(2)5-6-14-8(3)9(10,11)12/h7-8,13H,4-6H2,1-3H3. The molecule has 0 radical (unpaired) electrons. The molecule has 0 spiro atoms. The number of hydrogen-bond acceptors (Lipinski definition) is 2. The summed E-state index contributed by atoms with van der Waals surface area (Å²) < 4.78 is 40.6. The number of hydrogen-bond donors (Lipinski definition) is 1. The van der Waals surface area contributed by atoms with Crippen LogP contribution in [0.1, 0.15) is 27.2 Å². The van der Waals surface area contributed by atoms with E-state index in [1.54, 1.807) is 0 Å². The highest BCUT2D eigenvalue weighted by Crippen LogP contribution is 2.22. The molecule has 2 atom stereocenters. The van der Waals surface area contributed by atoms with Crippen LogP contribution in [0.25, 0.3) is 0 Å². The van der Waals surface area contributed by atoms with Crippen molar-refractivity contribution in [3.8, 4) is 0 Å². The zero-order valence-corrected chi connectivity index (χ0v) is 8.82. The predicted molar refractivity (Wildman–Crippen MR) is 49.2 cm³/mol. The van der Waals surface area contributed by atoms with Gasteiger partial charge in [-0.3, -0.25) is 0 Å². The molecule has 0 bridgehead atoms. The van der Waals surface area contributed by atoms with Crippen molar-refractivity contribution >= 4 is 0 Å². The summed E-state index contributed by atoms with van der Waals surface area (Å²) in [6.07, 6.45) is -5.33. The van der Waals surface area contributed by atoms with Crippen LogP contribution in [0, 0.1) is 0 Å². The van der Waals surface area contributed by atoms with E-state index in [1.807, 2.05) is 13.8 Å². The summed E-state index contributed by atoms with van der Waals surface area (Å²) in [5, 5.41) is 3.10. The van der Waals surface area contributed by atoms with Crippen molar-refractivity contribution in [3.63, 3.8) is 0 Å². The molecule has 0 saturated carbocycles. The van der Waals surface area contributed by atoms with Gasteiger partial charge in [0.25, 0.3) is 0 Å². The largest absolute Gasteiger partial charge is 0.414 e. The Bertz CT molecular complexity index is 149. The molecule has 0 aromatic heterocycles. The first-order valence-corrected chi connectivity index (χ1v) is 4.79. The van der Waals surface area contributed by atoms with Crippen molar-refractivity contribution in [2.24, 2.45) is 0 Å². The average Bonchev–Trinajstić information content (AvgIpc) is 2.02. The number of rotatable bonds is 6. The Morgan fingerprint density at radius 3 is 2.29 bits per heavy atom. The molecule has 0 aromatic rings. The smallest absolute Gasteiger partial charge is 0.369 e. The van der Waals surface area contributed by atoms with Gasteiger partial charge in [0.1, 0.15) is 0 Å². The Kier molecular flexibility index (Phi) is 6.11. The molecule has 14 heavy (non-hydrogen) atoms. The van der Waals surface area contributed by atoms with Crippen molar-refractivity contribution in [3.05, 3.63) is 0 Å². The van der Waals surface area contributed by atoms with Gasteiger partial charge in [-0.15, -0.1) is 0 Å². The third-order valence-electron chi connectivity index (χ3n) is 1.93. The first kappa shape index (κ1) is 13.7. The van der Waals surface area contributed by atoms with Crippen LogP contribution in [-0.2, 0) is 4.74 Å². The predicted octanol–water partition coefficient (Wildman–Crippen LogP) is 2.34. The van der Waals surface area contributed by atoms with E-state index >= 15 is 0 Å². The number of alkyl halides is 3. The summed E-state index contributed by atoms with van der Waals surface area (Å²) in [4.78, 5) is 0. The van der Waals surface area contributed by atoms with Crippen LogP contribution in [0.4, 0.5) is 13.2 Å².